The Morgan fingerprint density at radius 1 is 1.30 bits per heavy atom. The van der Waals surface area contributed by atoms with Crippen LogP contribution in [0.4, 0.5) is 5.13 Å². The zero-order valence-electron chi connectivity index (χ0n) is 14.4. The maximum atomic E-state index is 12.0. The van der Waals surface area contributed by atoms with Crippen molar-refractivity contribution >= 4 is 34.3 Å². The lowest BCUT2D eigenvalue weighted by Crippen LogP contribution is -2.10. The zero-order valence-corrected chi connectivity index (χ0v) is 16.0. The molecule has 3 aromatic heterocycles. The van der Waals surface area contributed by atoms with Crippen LogP contribution in [0.1, 0.15) is 16.2 Å². The summed E-state index contributed by atoms with van der Waals surface area (Å²) in [6, 6.07) is 11.3. The van der Waals surface area contributed by atoms with Gasteiger partial charge < -0.3 is 4.42 Å². The van der Waals surface area contributed by atoms with Gasteiger partial charge in [-0.1, -0.05) is 11.3 Å². The number of nitrogens with zero attached hydrogens (tertiary/aromatic N) is 5. The van der Waals surface area contributed by atoms with Gasteiger partial charge in [0.25, 0.3) is 5.91 Å². The summed E-state index contributed by atoms with van der Waals surface area (Å²) < 4.78 is 11.1. The molecule has 10 heteroatoms. The second-order valence-electron chi connectivity index (χ2n) is 5.49. The van der Waals surface area contributed by atoms with Gasteiger partial charge in [-0.25, -0.2) is 4.68 Å². The first-order chi connectivity index (χ1) is 13.2. The van der Waals surface area contributed by atoms with E-state index in [9.17, 15) is 4.79 Å². The fourth-order valence-electron chi connectivity index (χ4n) is 2.46. The van der Waals surface area contributed by atoms with Crippen molar-refractivity contribution < 1.29 is 9.21 Å². The van der Waals surface area contributed by atoms with E-state index in [-0.39, 0.29) is 11.7 Å². The van der Waals surface area contributed by atoms with Crippen LogP contribution in [0.15, 0.2) is 52.0 Å². The molecule has 1 aromatic carbocycles. The molecule has 0 unspecified atom stereocenters. The number of hydrogen-bond acceptors (Lipinski definition) is 8. The summed E-state index contributed by atoms with van der Waals surface area (Å²) in [6.45, 7) is 1.91. The Bertz CT molecular complexity index is 1090. The third-order valence-electron chi connectivity index (χ3n) is 3.80. The number of amides is 1. The maximum absolute atomic E-state index is 12.0. The summed E-state index contributed by atoms with van der Waals surface area (Å²) in [5.41, 5.74) is 2.30. The third-order valence-corrected chi connectivity index (χ3v) is 5.15. The average molecular weight is 398 g/mol. The Hall–Kier alpha value is -2.98. The van der Waals surface area contributed by atoms with Gasteiger partial charge in [0.2, 0.25) is 5.13 Å². The first kappa shape index (κ1) is 17.4. The number of benzene rings is 1. The van der Waals surface area contributed by atoms with Crippen LogP contribution in [0, 0.1) is 6.92 Å². The molecule has 27 heavy (non-hydrogen) atoms. The molecule has 0 saturated heterocycles. The number of hydrogen-bond donors (Lipinski definition) is 1. The van der Waals surface area contributed by atoms with Crippen molar-refractivity contribution in [1.82, 2.24) is 24.4 Å². The highest BCUT2D eigenvalue weighted by atomic mass is 32.2. The van der Waals surface area contributed by atoms with E-state index >= 15 is 0 Å². The van der Waals surface area contributed by atoms with Gasteiger partial charge in [0.15, 0.2) is 17.3 Å². The molecule has 0 atom stereocenters. The summed E-state index contributed by atoms with van der Waals surface area (Å²) in [5.74, 6) is 0.249. The van der Waals surface area contributed by atoms with Crippen LogP contribution >= 0.6 is 23.3 Å². The Kier molecular flexibility index (Phi) is 4.73. The smallest absolute Gasteiger partial charge is 0.293 e. The van der Waals surface area contributed by atoms with E-state index in [0.29, 0.717) is 16.6 Å². The lowest BCUT2D eigenvalue weighted by Gasteiger charge is -2.04. The number of carbonyl (C=O) groups excluding carboxylic acids is 1. The quantitative estimate of drug-likeness (QED) is 0.512. The molecule has 0 aliphatic heterocycles. The van der Waals surface area contributed by atoms with Gasteiger partial charge in [-0.2, -0.15) is 9.36 Å². The number of aromatic nitrogens is 5. The molecule has 1 amide bonds. The average Bonchev–Trinajstić information content (AvgIpc) is 3.42. The molecule has 136 valence electrons. The van der Waals surface area contributed by atoms with Crippen LogP contribution in [0.2, 0.25) is 0 Å². The number of rotatable bonds is 5. The van der Waals surface area contributed by atoms with E-state index in [1.807, 2.05) is 37.4 Å². The number of thioether (sulfide) groups is 1. The standard InChI is InChI=1S/C17H14N6O2S2/c1-10-14(20-22-23(10)11-5-3-6-12(9-11)26-2)15-18-17(27-21-15)19-16(24)13-7-4-8-25-13/h3-9H,1-2H3,(H,18,19,21,24). The number of carbonyl (C=O) groups is 1. The van der Waals surface area contributed by atoms with Gasteiger partial charge in [0.05, 0.1) is 17.6 Å². The molecular formula is C17H14N6O2S2. The van der Waals surface area contributed by atoms with Crippen LogP contribution in [0.5, 0.6) is 0 Å². The summed E-state index contributed by atoms with van der Waals surface area (Å²) in [6.07, 6.45) is 3.46. The normalized spacial score (nSPS) is 10.9. The number of nitrogens with one attached hydrogen (secondary N) is 1. The molecule has 0 bridgehead atoms. The Balaban J connectivity index is 1.59. The molecule has 0 spiro atoms. The van der Waals surface area contributed by atoms with Gasteiger partial charge in [0, 0.05) is 16.4 Å². The molecule has 3 heterocycles. The second-order valence-corrected chi connectivity index (χ2v) is 7.12. The second kappa shape index (κ2) is 7.33. The van der Waals surface area contributed by atoms with Crippen molar-refractivity contribution in [3.63, 3.8) is 0 Å². The highest BCUT2D eigenvalue weighted by molar-refractivity contribution is 7.98. The van der Waals surface area contributed by atoms with E-state index < -0.39 is 0 Å². The molecule has 0 aliphatic rings. The van der Waals surface area contributed by atoms with Crippen molar-refractivity contribution in [1.29, 1.82) is 0 Å². The molecule has 0 aliphatic carbocycles. The SMILES string of the molecule is CSc1cccc(-n2nnc(-c3nsc(NC(=O)c4ccco4)n3)c2C)c1. The highest BCUT2D eigenvalue weighted by Crippen LogP contribution is 2.25. The summed E-state index contributed by atoms with van der Waals surface area (Å²) in [4.78, 5) is 17.5. The fraction of sp³-hybridized carbons (Fsp3) is 0.118. The van der Waals surface area contributed by atoms with Crippen LogP contribution in [-0.2, 0) is 0 Å². The maximum Gasteiger partial charge on any atom is 0.293 e. The third kappa shape index (κ3) is 3.49. The van der Waals surface area contributed by atoms with Crippen molar-refractivity contribution in [3.05, 3.63) is 54.1 Å². The van der Waals surface area contributed by atoms with Crippen LogP contribution < -0.4 is 5.32 Å². The Morgan fingerprint density at radius 3 is 2.96 bits per heavy atom. The van der Waals surface area contributed by atoms with Crippen LogP contribution in [0.3, 0.4) is 0 Å². The van der Waals surface area contributed by atoms with Crippen LogP contribution in [0.25, 0.3) is 17.2 Å². The lowest BCUT2D eigenvalue weighted by molar-refractivity contribution is 0.0996. The molecule has 0 radical (unpaired) electrons. The first-order valence-corrected chi connectivity index (χ1v) is 9.91. The van der Waals surface area contributed by atoms with Crippen molar-refractivity contribution in [3.8, 4) is 17.2 Å². The largest absolute Gasteiger partial charge is 0.459 e. The fourth-order valence-corrected chi connectivity index (χ4v) is 3.48. The van der Waals surface area contributed by atoms with E-state index in [1.165, 1.54) is 6.26 Å². The van der Waals surface area contributed by atoms with Gasteiger partial charge in [-0.15, -0.1) is 16.9 Å². The van der Waals surface area contributed by atoms with E-state index in [0.717, 1.165) is 27.8 Å². The minimum Gasteiger partial charge on any atom is -0.459 e. The van der Waals surface area contributed by atoms with Gasteiger partial charge >= 0.3 is 0 Å². The van der Waals surface area contributed by atoms with E-state index in [1.54, 1.807) is 28.6 Å². The Labute approximate surface area is 162 Å². The molecule has 1 N–H and O–H groups in total. The zero-order chi connectivity index (χ0) is 18.8. The monoisotopic (exact) mass is 398 g/mol. The predicted molar refractivity (Wildman–Crippen MR) is 103 cm³/mol. The molecule has 0 fully saturated rings. The number of anilines is 1. The minimum absolute atomic E-state index is 0.211. The number of furan rings is 1. The topological polar surface area (TPSA) is 98.7 Å². The summed E-state index contributed by atoms with van der Waals surface area (Å²) in [7, 11) is 0. The molecule has 4 aromatic rings. The predicted octanol–water partition coefficient (Wildman–Crippen LogP) is 3.66. The summed E-state index contributed by atoms with van der Waals surface area (Å²) >= 11 is 2.74. The van der Waals surface area contributed by atoms with E-state index in [4.69, 9.17) is 4.42 Å². The van der Waals surface area contributed by atoms with Gasteiger partial charge in [-0.05, 0) is 43.5 Å². The highest BCUT2D eigenvalue weighted by Gasteiger charge is 2.18. The summed E-state index contributed by atoms with van der Waals surface area (Å²) in [5, 5.41) is 11.5. The van der Waals surface area contributed by atoms with Crippen molar-refractivity contribution in [2.75, 3.05) is 11.6 Å². The molecule has 8 nitrogen and oxygen atoms in total. The van der Waals surface area contributed by atoms with Gasteiger partial charge in [0.1, 0.15) is 0 Å². The first-order valence-electron chi connectivity index (χ1n) is 7.91. The van der Waals surface area contributed by atoms with Gasteiger partial charge in [-0.3, -0.25) is 10.1 Å². The Morgan fingerprint density at radius 2 is 2.19 bits per heavy atom. The molecular weight excluding hydrogens is 384 g/mol. The molecule has 0 saturated carbocycles. The van der Waals surface area contributed by atoms with Crippen LogP contribution in [-0.4, -0.2) is 36.5 Å². The van der Waals surface area contributed by atoms with Crippen molar-refractivity contribution in [2.24, 2.45) is 0 Å². The minimum atomic E-state index is -0.378. The van der Waals surface area contributed by atoms with Crippen molar-refractivity contribution in [2.45, 2.75) is 11.8 Å². The van der Waals surface area contributed by atoms with E-state index in [2.05, 4.69) is 25.0 Å². The molecule has 4 rings (SSSR count). The lowest BCUT2D eigenvalue weighted by atomic mass is 10.3.